The number of amides is 1. The smallest absolute Gasteiger partial charge is 0.256 e. The first-order valence-corrected chi connectivity index (χ1v) is 7.40. The molecule has 1 aromatic carbocycles. The molecule has 0 radical (unpaired) electrons. The van der Waals surface area contributed by atoms with Crippen molar-refractivity contribution in [3.63, 3.8) is 0 Å². The van der Waals surface area contributed by atoms with Crippen molar-refractivity contribution in [3.05, 3.63) is 83.4 Å². The predicted molar refractivity (Wildman–Crippen MR) is 90.2 cm³/mol. The van der Waals surface area contributed by atoms with Gasteiger partial charge in [0.05, 0.1) is 0 Å². The molecule has 1 N–H and O–H groups in total. The Kier molecular flexibility index (Phi) is 3.01. The molecular weight excluding hydrogens is 270 g/mol. The van der Waals surface area contributed by atoms with Gasteiger partial charge in [-0.25, -0.2) is 0 Å². The van der Waals surface area contributed by atoms with E-state index in [0.29, 0.717) is 0 Å². The fourth-order valence-corrected chi connectivity index (χ4v) is 3.06. The third kappa shape index (κ3) is 2.09. The maximum Gasteiger partial charge on any atom is 0.256 e. The molecule has 3 aliphatic carbocycles. The first-order valence-electron chi connectivity index (χ1n) is 7.40. The van der Waals surface area contributed by atoms with Crippen molar-refractivity contribution in [3.8, 4) is 11.1 Å². The topological polar surface area (TPSA) is 29.1 Å². The van der Waals surface area contributed by atoms with E-state index < -0.39 is 0 Å². The van der Waals surface area contributed by atoms with E-state index in [2.05, 4.69) is 35.7 Å². The summed E-state index contributed by atoms with van der Waals surface area (Å²) in [6.45, 7) is 0. The van der Waals surface area contributed by atoms with Gasteiger partial charge in [-0.1, -0.05) is 54.6 Å². The molecule has 106 valence electrons. The van der Waals surface area contributed by atoms with Gasteiger partial charge >= 0.3 is 0 Å². The number of para-hydroxylation sites is 1. The van der Waals surface area contributed by atoms with Crippen LogP contribution in [0.1, 0.15) is 21.5 Å². The Hall–Kier alpha value is -2.87. The van der Waals surface area contributed by atoms with E-state index in [1.165, 1.54) is 11.1 Å². The maximum atomic E-state index is 12.7. The van der Waals surface area contributed by atoms with Gasteiger partial charge in [-0.3, -0.25) is 4.79 Å². The van der Waals surface area contributed by atoms with Crippen molar-refractivity contribution in [1.29, 1.82) is 0 Å². The van der Waals surface area contributed by atoms with Gasteiger partial charge in [0.2, 0.25) is 0 Å². The van der Waals surface area contributed by atoms with E-state index in [1.807, 2.05) is 42.5 Å². The van der Waals surface area contributed by atoms with Gasteiger partial charge in [0, 0.05) is 11.3 Å². The minimum atomic E-state index is -0.0542. The van der Waals surface area contributed by atoms with Crippen LogP contribution in [0.25, 0.3) is 17.2 Å². The number of fused-ring (bicyclic) bond motifs is 3. The molecule has 22 heavy (non-hydrogen) atoms. The summed E-state index contributed by atoms with van der Waals surface area (Å²) in [6.07, 6.45) is 5.16. The van der Waals surface area contributed by atoms with Gasteiger partial charge < -0.3 is 5.32 Å². The monoisotopic (exact) mass is 285 g/mol. The van der Waals surface area contributed by atoms with Gasteiger partial charge in [0.15, 0.2) is 0 Å². The number of hydrogen-bond acceptors (Lipinski definition) is 1. The lowest BCUT2D eigenvalue weighted by Crippen LogP contribution is -2.12. The number of carbonyl (C=O) groups is 1. The molecule has 2 nitrogen and oxygen atoms in total. The summed E-state index contributed by atoms with van der Waals surface area (Å²) in [4.78, 5) is 12.7. The molecule has 1 aromatic rings. The molecule has 0 saturated heterocycles. The summed E-state index contributed by atoms with van der Waals surface area (Å²) in [5.74, 6) is -0.0542. The lowest BCUT2D eigenvalue weighted by Gasteiger charge is -2.08. The maximum absolute atomic E-state index is 12.7. The third-order valence-corrected chi connectivity index (χ3v) is 4.09. The lowest BCUT2D eigenvalue weighted by atomic mass is 10.00. The van der Waals surface area contributed by atoms with Crippen LogP contribution in [0.5, 0.6) is 0 Å². The Bertz CT molecular complexity index is 849. The summed E-state index contributed by atoms with van der Waals surface area (Å²) in [6, 6.07) is 19.7. The second kappa shape index (κ2) is 5.15. The Balaban J connectivity index is 1.78. The number of anilines is 1. The molecule has 0 atom stereocenters. The number of allylic oxidation sites excluding steroid dienone is 1. The summed E-state index contributed by atoms with van der Waals surface area (Å²) >= 11 is 0. The second-order valence-corrected chi connectivity index (χ2v) is 5.46. The van der Waals surface area contributed by atoms with Crippen molar-refractivity contribution >= 4 is 17.7 Å². The minimum absolute atomic E-state index is 0.0542. The van der Waals surface area contributed by atoms with Crippen LogP contribution in [0.4, 0.5) is 5.69 Å². The van der Waals surface area contributed by atoms with Crippen LogP contribution < -0.4 is 5.32 Å². The van der Waals surface area contributed by atoms with Gasteiger partial charge in [-0.05, 0) is 46.9 Å². The fraction of sp³-hybridized carbons (Fsp3) is 0.0500. The van der Waals surface area contributed by atoms with Crippen LogP contribution >= 0.6 is 0 Å². The Morgan fingerprint density at radius 2 is 1.77 bits per heavy atom. The minimum Gasteiger partial charge on any atom is -0.322 e. The number of benzene rings is 1. The van der Waals surface area contributed by atoms with Gasteiger partial charge in [-0.15, -0.1) is 0 Å². The standard InChI is InChI=1S/C20H15NO/c22-20(21-16-9-2-1-3-10-16)18-13-12-15-8-4-6-14-7-5-11-17(14)19(15)18/h1-10,12-13H,11H2,(H,21,22). The quantitative estimate of drug-likeness (QED) is 0.731. The zero-order valence-corrected chi connectivity index (χ0v) is 12.0. The molecule has 0 aromatic heterocycles. The van der Waals surface area contributed by atoms with E-state index in [4.69, 9.17) is 0 Å². The number of rotatable bonds is 2. The lowest BCUT2D eigenvalue weighted by molar-refractivity contribution is 0.102. The summed E-state index contributed by atoms with van der Waals surface area (Å²) in [5, 5.41) is 2.98. The van der Waals surface area contributed by atoms with Crippen LogP contribution in [-0.2, 0) is 6.42 Å². The highest BCUT2D eigenvalue weighted by molar-refractivity contribution is 6.10. The molecule has 0 heterocycles. The van der Waals surface area contributed by atoms with Crippen LogP contribution in [0.2, 0.25) is 0 Å². The van der Waals surface area contributed by atoms with Gasteiger partial charge in [0.1, 0.15) is 0 Å². The predicted octanol–water partition coefficient (Wildman–Crippen LogP) is 4.61. The number of nitrogens with one attached hydrogen (secondary N) is 1. The van der Waals surface area contributed by atoms with Gasteiger partial charge in [-0.2, -0.15) is 0 Å². The molecule has 1 amide bonds. The molecule has 0 saturated carbocycles. The van der Waals surface area contributed by atoms with Crippen LogP contribution in [0.3, 0.4) is 0 Å². The van der Waals surface area contributed by atoms with Crippen molar-refractivity contribution in [1.82, 2.24) is 0 Å². The normalized spacial score (nSPS) is 12.4. The van der Waals surface area contributed by atoms with Crippen molar-refractivity contribution in [2.24, 2.45) is 0 Å². The molecule has 3 aliphatic rings. The highest BCUT2D eigenvalue weighted by Crippen LogP contribution is 2.36. The fourth-order valence-electron chi connectivity index (χ4n) is 3.06. The molecule has 4 rings (SSSR count). The highest BCUT2D eigenvalue weighted by Gasteiger charge is 2.21. The van der Waals surface area contributed by atoms with Crippen LogP contribution in [0, 0.1) is 0 Å². The summed E-state index contributed by atoms with van der Waals surface area (Å²) in [7, 11) is 0. The van der Waals surface area contributed by atoms with E-state index in [-0.39, 0.29) is 5.91 Å². The largest absolute Gasteiger partial charge is 0.322 e. The zero-order valence-electron chi connectivity index (χ0n) is 12.0. The number of hydrogen-bond donors (Lipinski definition) is 1. The zero-order chi connectivity index (χ0) is 14.9. The van der Waals surface area contributed by atoms with Crippen molar-refractivity contribution in [2.45, 2.75) is 6.42 Å². The first kappa shape index (κ1) is 12.8. The average molecular weight is 285 g/mol. The summed E-state index contributed by atoms with van der Waals surface area (Å²) < 4.78 is 0. The van der Waals surface area contributed by atoms with E-state index >= 15 is 0 Å². The summed E-state index contributed by atoms with van der Waals surface area (Å²) in [5.41, 5.74) is 6.19. The van der Waals surface area contributed by atoms with E-state index in [0.717, 1.165) is 28.8 Å². The average Bonchev–Trinajstić information content (AvgIpc) is 3.12. The number of carbonyl (C=O) groups excluding carboxylic acids is 1. The van der Waals surface area contributed by atoms with Crippen molar-refractivity contribution < 1.29 is 4.79 Å². The second-order valence-electron chi connectivity index (χ2n) is 5.46. The highest BCUT2D eigenvalue weighted by atomic mass is 16.1. The molecule has 0 fully saturated rings. The molecule has 2 heteroatoms. The molecule has 0 unspecified atom stereocenters. The van der Waals surface area contributed by atoms with Crippen LogP contribution in [0.15, 0.2) is 66.7 Å². The van der Waals surface area contributed by atoms with Crippen LogP contribution in [-0.4, -0.2) is 5.91 Å². The van der Waals surface area contributed by atoms with Crippen molar-refractivity contribution in [2.75, 3.05) is 5.32 Å². The first-order chi connectivity index (χ1) is 10.8. The Labute approximate surface area is 129 Å². The molecule has 0 spiro atoms. The van der Waals surface area contributed by atoms with E-state index in [1.54, 1.807) is 0 Å². The SMILES string of the molecule is O=C(Nc1ccccc1)c1ccc2cccc3c(c1-2)CC=C3. The molecule has 0 aliphatic heterocycles. The Morgan fingerprint density at radius 3 is 2.64 bits per heavy atom. The van der Waals surface area contributed by atoms with E-state index in [9.17, 15) is 4.79 Å². The van der Waals surface area contributed by atoms with Gasteiger partial charge in [0.25, 0.3) is 5.91 Å². The Morgan fingerprint density at radius 1 is 0.909 bits per heavy atom. The molecule has 0 bridgehead atoms. The molecular formula is C20H15NO. The third-order valence-electron chi connectivity index (χ3n) is 4.09.